The first-order valence-electron chi connectivity index (χ1n) is 9.40. The highest BCUT2D eigenvalue weighted by Gasteiger charge is 2.19. The minimum Gasteiger partial charge on any atom is -0.349 e. The Balaban J connectivity index is 1.78. The van der Waals surface area contributed by atoms with Gasteiger partial charge in [-0.2, -0.15) is 10.1 Å². The molecule has 142 valence electrons. The van der Waals surface area contributed by atoms with Crippen molar-refractivity contribution in [3.8, 4) is 5.69 Å². The third-order valence-corrected chi connectivity index (χ3v) is 4.92. The first kappa shape index (κ1) is 18.0. The molecule has 0 aliphatic heterocycles. The van der Waals surface area contributed by atoms with Gasteiger partial charge in [-0.25, -0.2) is 4.68 Å². The number of aromatic nitrogens is 4. The van der Waals surface area contributed by atoms with E-state index in [1.54, 1.807) is 10.9 Å². The van der Waals surface area contributed by atoms with E-state index in [1.165, 1.54) is 11.1 Å². The molecule has 1 unspecified atom stereocenters. The predicted octanol–water partition coefficient (Wildman–Crippen LogP) is 4.23. The molecule has 1 atom stereocenters. The Labute approximate surface area is 163 Å². The number of hydrogen-bond acceptors (Lipinski definition) is 4. The summed E-state index contributed by atoms with van der Waals surface area (Å²) in [7, 11) is 0. The number of aryl methyl sites for hydroxylation is 1. The highest BCUT2D eigenvalue weighted by atomic mass is 16.1. The molecule has 28 heavy (non-hydrogen) atoms. The van der Waals surface area contributed by atoms with Gasteiger partial charge in [0.05, 0.1) is 17.9 Å². The average Bonchev–Trinajstić information content (AvgIpc) is 3.12. The van der Waals surface area contributed by atoms with Gasteiger partial charge >= 0.3 is 0 Å². The van der Waals surface area contributed by atoms with Crippen LogP contribution in [0.2, 0.25) is 0 Å². The summed E-state index contributed by atoms with van der Waals surface area (Å²) in [4.78, 5) is 20.2. The van der Waals surface area contributed by atoms with E-state index in [1.807, 2.05) is 42.5 Å². The maximum atomic E-state index is 12.6. The largest absolute Gasteiger partial charge is 0.349 e. The molecular weight excluding hydrogens is 350 g/mol. The Morgan fingerprint density at radius 1 is 1.04 bits per heavy atom. The van der Waals surface area contributed by atoms with Crippen LogP contribution in [0.25, 0.3) is 16.7 Å². The summed E-state index contributed by atoms with van der Waals surface area (Å²) in [6.45, 7) is 6.39. The second-order valence-corrected chi connectivity index (χ2v) is 7.27. The zero-order chi connectivity index (χ0) is 19.7. The fraction of sp³-hybridized carbons (Fsp3) is 0.227. The number of aromatic amines is 1. The van der Waals surface area contributed by atoms with Crippen molar-refractivity contribution < 1.29 is 0 Å². The fourth-order valence-electron chi connectivity index (χ4n) is 3.43. The van der Waals surface area contributed by atoms with Gasteiger partial charge in [-0.05, 0) is 36.1 Å². The first-order chi connectivity index (χ1) is 13.5. The fourth-order valence-corrected chi connectivity index (χ4v) is 3.43. The van der Waals surface area contributed by atoms with E-state index < -0.39 is 0 Å². The van der Waals surface area contributed by atoms with Crippen molar-refractivity contribution in [2.24, 2.45) is 5.92 Å². The van der Waals surface area contributed by atoms with Gasteiger partial charge in [-0.15, -0.1) is 0 Å². The number of fused-ring (bicyclic) bond motifs is 1. The number of rotatable bonds is 5. The van der Waals surface area contributed by atoms with Crippen LogP contribution >= 0.6 is 0 Å². The van der Waals surface area contributed by atoms with Crippen molar-refractivity contribution >= 4 is 17.0 Å². The lowest BCUT2D eigenvalue weighted by Gasteiger charge is -2.24. The average molecular weight is 373 g/mol. The third-order valence-electron chi connectivity index (χ3n) is 4.92. The Morgan fingerprint density at radius 3 is 2.46 bits per heavy atom. The summed E-state index contributed by atoms with van der Waals surface area (Å²) >= 11 is 0. The van der Waals surface area contributed by atoms with Crippen LogP contribution in [-0.2, 0) is 0 Å². The molecule has 0 spiro atoms. The second-order valence-electron chi connectivity index (χ2n) is 7.27. The van der Waals surface area contributed by atoms with Crippen LogP contribution in [0.15, 0.2) is 65.6 Å². The van der Waals surface area contributed by atoms with Gasteiger partial charge in [-0.1, -0.05) is 56.3 Å². The molecule has 0 saturated carbocycles. The molecule has 0 aliphatic rings. The van der Waals surface area contributed by atoms with E-state index in [-0.39, 0.29) is 11.6 Å². The molecule has 4 rings (SSSR count). The number of hydrogen-bond donors (Lipinski definition) is 2. The zero-order valence-corrected chi connectivity index (χ0v) is 16.2. The zero-order valence-electron chi connectivity index (χ0n) is 16.2. The Hall–Kier alpha value is -3.41. The van der Waals surface area contributed by atoms with E-state index in [2.05, 4.69) is 53.3 Å². The smallest absolute Gasteiger partial charge is 0.263 e. The lowest BCUT2D eigenvalue weighted by Crippen LogP contribution is -2.22. The van der Waals surface area contributed by atoms with Gasteiger partial charge in [0, 0.05) is 0 Å². The molecule has 0 bridgehead atoms. The molecule has 0 amide bonds. The minimum atomic E-state index is -0.207. The summed E-state index contributed by atoms with van der Waals surface area (Å²) in [5, 5.41) is 8.25. The molecular formula is C22H23N5O. The van der Waals surface area contributed by atoms with E-state index in [0.29, 0.717) is 22.9 Å². The van der Waals surface area contributed by atoms with Gasteiger partial charge in [0.1, 0.15) is 5.39 Å². The number of nitrogens with one attached hydrogen (secondary N) is 2. The predicted molar refractivity (Wildman–Crippen MR) is 112 cm³/mol. The van der Waals surface area contributed by atoms with Crippen molar-refractivity contribution in [3.05, 3.63) is 82.3 Å². The number of H-pyrrole nitrogens is 1. The molecule has 2 heterocycles. The van der Waals surface area contributed by atoms with E-state index in [4.69, 9.17) is 0 Å². The highest BCUT2D eigenvalue weighted by molar-refractivity contribution is 5.76. The van der Waals surface area contributed by atoms with Crippen LogP contribution < -0.4 is 10.9 Å². The molecule has 2 aromatic heterocycles. The molecule has 2 aromatic carbocycles. The maximum Gasteiger partial charge on any atom is 0.263 e. The second kappa shape index (κ2) is 7.31. The molecule has 6 heteroatoms. The van der Waals surface area contributed by atoms with Crippen LogP contribution in [0.1, 0.15) is 31.0 Å². The van der Waals surface area contributed by atoms with Crippen molar-refractivity contribution in [1.82, 2.24) is 19.7 Å². The molecule has 2 N–H and O–H groups in total. The monoisotopic (exact) mass is 373 g/mol. The summed E-state index contributed by atoms with van der Waals surface area (Å²) in [6.07, 6.45) is 1.55. The summed E-state index contributed by atoms with van der Waals surface area (Å²) < 4.78 is 1.69. The van der Waals surface area contributed by atoms with E-state index >= 15 is 0 Å². The standard InChI is InChI=1S/C22H23N5O/c1-14(2)19(17-12-8-7-9-15(17)3)24-22-25-20-18(21(28)26-22)13-23-27(20)16-10-5-4-6-11-16/h4-14,19H,1-3H3,(H2,24,25,26,28). The molecule has 0 aliphatic carbocycles. The summed E-state index contributed by atoms with van der Waals surface area (Å²) in [5.74, 6) is 0.748. The number of benzene rings is 2. The number of anilines is 1. The SMILES string of the molecule is Cc1ccccc1C(Nc1nc2c(cnn2-c2ccccc2)c(=O)[nH]1)C(C)C. The molecule has 6 nitrogen and oxygen atoms in total. The molecule has 0 radical (unpaired) electrons. The summed E-state index contributed by atoms with van der Waals surface area (Å²) in [6, 6.07) is 18.0. The van der Waals surface area contributed by atoms with Crippen molar-refractivity contribution in [2.75, 3.05) is 5.32 Å². The molecule has 4 aromatic rings. The van der Waals surface area contributed by atoms with Crippen molar-refractivity contribution in [3.63, 3.8) is 0 Å². The van der Waals surface area contributed by atoms with E-state index in [9.17, 15) is 4.79 Å². The number of para-hydroxylation sites is 1. The quantitative estimate of drug-likeness (QED) is 0.549. The topological polar surface area (TPSA) is 75.6 Å². The van der Waals surface area contributed by atoms with Gasteiger partial charge in [-0.3, -0.25) is 9.78 Å². The van der Waals surface area contributed by atoms with Gasteiger partial charge in [0.25, 0.3) is 5.56 Å². The van der Waals surface area contributed by atoms with Gasteiger partial charge in [0.2, 0.25) is 5.95 Å². The normalized spacial score (nSPS) is 12.4. The third kappa shape index (κ3) is 3.29. The lowest BCUT2D eigenvalue weighted by atomic mass is 9.93. The Kier molecular flexibility index (Phi) is 4.69. The van der Waals surface area contributed by atoms with Crippen LogP contribution in [0, 0.1) is 12.8 Å². The highest BCUT2D eigenvalue weighted by Crippen LogP contribution is 2.27. The maximum absolute atomic E-state index is 12.6. The van der Waals surface area contributed by atoms with Crippen LogP contribution in [0.4, 0.5) is 5.95 Å². The van der Waals surface area contributed by atoms with Crippen molar-refractivity contribution in [2.45, 2.75) is 26.8 Å². The van der Waals surface area contributed by atoms with Crippen molar-refractivity contribution in [1.29, 1.82) is 0 Å². The van der Waals surface area contributed by atoms with E-state index in [0.717, 1.165) is 5.69 Å². The van der Waals surface area contributed by atoms with Gasteiger partial charge < -0.3 is 5.32 Å². The Bertz CT molecular complexity index is 1160. The van der Waals surface area contributed by atoms with Gasteiger partial charge in [0.15, 0.2) is 5.65 Å². The molecule has 0 saturated heterocycles. The lowest BCUT2D eigenvalue weighted by molar-refractivity contribution is 0.540. The summed E-state index contributed by atoms with van der Waals surface area (Å²) in [5.41, 5.74) is 3.58. The Morgan fingerprint density at radius 2 is 1.75 bits per heavy atom. The van der Waals surface area contributed by atoms with Crippen LogP contribution in [0.5, 0.6) is 0 Å². The number of nitrogens with zero attached hydrogens (tertiary/aromatic N) is 3. The van der Waals surface area contributed by atoms with Crippen LogP contribution in [0.3, 0.4) is 0 Å². The first-order valence-corrected chi connectivity index (χ1v) is 9.40. The minimum absolute atomic E-state index is 0.0231. The van der Waals surface area contributed by atoms with Crippen LogP contribution in [-0.4, -0.2) is 19.7 Å². The molecule has 0 fully saturated rings.